The number of β-amino-alcohol motifs (C(OH)–C–C–N with tert-alkyl or cyclic N) is 1. The van der Waals surface area contributed by atoms with Crippen molar-refractivity contribution in [3.63, 3.8) is 0 Å². The van der Waals surface area contributed by atoms with E-state index in [1.807, 2.05) is 6.92 Å². The maximum atomic E-state index is 12.5. The van der Waals surface area contributed by atoms with Crippen molar-refractivity contribution in [1.82, 2.24) is 9.21 Å². The summed E-state index contributed by atoms with van der Waals surface area (Å²) in [7, 11) is -0.514. The molecular formula is C15H21ClN2O4S. The topological polar surface area (TPSA) is 77.9 Å². The van der Waals surface area contributed by atoms with Crippen molar-refractivity contribution in [3.05, 3.63) is 34.3 Å². The SMILES string of the molecule is Cc1cc(C(=O)N2CC(O)C(CS(=O)(=O)N(C)C)C2)ccc1Cl. The number of rotatable bonds is 4. The van der Waals surface area contributed by atoms with E-state index < -0.39 is 22.0 Å². The van der Waals surface area contributed by atoms with Gasteiger partial charge in [-0.3, -0.25) is 4.79 Å². The number of likely N-dealkylation sites (tertiary alicyclic amines) is 1. The van der Waals surface area contributed by atoms with Gasteiger partial charge >= 0.3 is 0 Å². The fourth-order valence-corrected chi connectivity index (χ4v) is 3.85. The first-order valence-electron chi connectivity index (χ1n) is 7.25. The summed E-state index contributed by atoms with van der Waals surface area (Å²) < 4.78 is 25.0. The molecule has 1 aromatic rings. The Morgan fingerprint density at radius 3 is 2.61 bits per heavy atom. The lowest BCUT2D eigenvalue weighted by Gasteiger charge is -2.18. The number of amides is 1. The average molecular weight is 361 g/mol. The monoisotopic (exact) mass is 360 g/mol. The third kappa shape index (κ3) is 4.03. The normalized spacial score (nSPS) is 21.9. The number of halogens is 1. The highest BCUT2D eigenvalue weighted by atomic mass is 35.5. The van der Waals surface area contributed by atoms with E-state index >= 15 is 0 Å². The van der Waals surface area contributed by atoms with Crippen LogP contribution in [0.3, 0.4) is 0 Å². The molecule has 1 fully saturated rings. The fraction of sp³-hybridized carbons (Fsp3) is 0.533. The Morgan fingerprint density at radius 2 is 2.04 bits per heavy atom. The second-order valence-corrected chi connectivity index (χ2v) is 8.70. The molecule has 1 saturated heterocycles. The molecule has 1 N–H and O–H groups in total. The Kier molecular flexibility index (Phi) is 5.35. The first-order chi connectivity index (χ1) is 10.6. The van der Waals surface area contributed by atoms with Crippen molar-refractivity contribution in [2.75, 3.05) is 32.9 Å². The highest BCUT2D eigenvalue weighted by Crippen LogP contribution is 2.23. The number of aliphatic hydroxyl groups excluding tert-OH is 1. The van der Waals surface area contributed by atoms with Crippen LogP contribution < -0.4 is 0 Å². The molecular weight excluding hydrogens is 340 g/mol. The number of benzene rings is 1. The van der Waals surface area contributed by atoms with E-state index in [0.717, 1.165) is 9.87 Å². The van der Waals surface area contributed by atoms with Gasteiger partial charge in [-0.2, -0.15) is 0 Å². The second kappa shape index (κ2) is 6.76. The maximum absolute atomic E-state index is 12.5. The van der Waals surface area contributed by atoms with Gasteiger partial charge in [-0.15, -0.1) is 0 Å². The molecule has 0 bridgehead atoms. The van der Waals surface area contributed by atoms with E-state index in [1.165, 1.54) is 19.0 Å². The van der Waals surface area contributed by atoms with Crippen molar-refractivity contribution < 1.29 is 18.3 Å². The van der Waals surface area contributed by atoms with E-state index in [4.69, 9.17) is 11.6 Å². The van der Waals surface area contributed by atoms with Gasteiger partial charge in [0.1, 0.15) is 0 Å². The quantitative estimate of drug-likeness (QED) is 0.868. The predicted molar refractivity (Wildman–Crippen MR) is 89.1 cm³/mol. The summed E-state index contributed by atoms with van der Waals surface area (Å²) in [5.41, 5.74) is 1.28. The van der Waals surface area contributed by atoms with Gasteiger partial charge in [-0.05, 0) is 30.7 Å². The van der Waals surface area contributed by atoms with Crippen LogP contribution in [-0.2, 0) is 10.0 Å². The zero-order valence-electron chi connectivity index (χ0n) is 13.4. The van der Waals surface area contributed by atoms with Gasteiger partial charge in [0.2, 0.25) is 10.0 Å². The first kappa shape index (κ1) is 18.2. The number of nitrogens with zero attached hydrogens (tertiary/aromatic N) is 2. The zero-order chi connectivity index (χ0) is 17.4. The Balaban J connectivity index is 2.11. The molecule has 1 aromatic carbocycles. The second-order valence-electron chi connectivity index (χ2n) is 6.06. The molecule has 2 atom stereocenters. The molecule has 0 spiro atoms. The molecule has 1 aliphatic heterocycles. The van der Waals surface area contributed by atoms with Crippen LogP contribution in [0.25, 0.3) is 0 Å². The van der Waals surface area contributed by atoms with Gasteiger partial charge in [0.05, 0.1) is 11.9 Å². The molecule has 0 aromatic heterocycles. The molecule has 1 aliphatic rings. The highest BCUT2D eigenvalue weighted by molar-refractivity contribution is 7.89. The van der Waals surface area contributed by atoms with Crippen LogP contribution in [0, 0.1) is 12.8 Å². The van der Waals surface area contributed by atoms with E-state index in [2.05, 4.69) is 0 Å². The Morgan fingerprint density at radius 1 is 1.39 bits per heavy atom. The summed E-state index contributed by atoms with van der Waals surface area (Å²) in [6.45, 7) is 2.16. The van der Waals surface area contributed by atoms with Gasteiger partial charge in [0.25, 0.3) is 5.91 Å². The smallest absolute Gasteiger partial charge is 0.253 e. The molecule has 128 valence electrons. The lowest BCUT2D eigenvalue weighted by molar-refractivity contribution is 0.0764. The number of aliphatic hydroxyl groups is 1. The van der Waals surface area contributed by atoms with Gasteiger partial charge in [-0.1, -0.05) is 11.6 Å². The molecule has 1 amide bonds. The van der Waals surface area contributed by atoms with Crippen LogP contribution >= 0.6 is 11.6 Å². The van der Waals surface area contributed by atoms with Crippen LogP contribution in [0.5, 0.6) is 0 Å². The first-order valence-corrected chi connectivity index (χ1v) is 9.24. The van der Waals surface area contributed by atoms with Crippen molar-refractivity contribution in [1.29, 1.82) is 0 Å². The molecule has 0 radical (unpaired) electrons. The minimum atomic E-state index is -3.42. The van der Waals surface area contributed by atoms with Crippen molar-refractivity contribution in [3.8, 4) is 0 Å². The molecule has 2 rings (SSSR count). The van der Waals surface area contributed by atoms with Crippen LogP contribution in [0.1, 0.15) is 15.9 Å². The Hall–Kier alpha value is -1.15. The third-order valence-corrected chi connectivity index (χ3v) is 6.47. The lowest BCUT2D eigenvalue weighted by Crippen LogP contribution is -2.33. The van der Waals surface area contributed by atoms with Crippen molar-refractivity contribution in [2.24, 2.45) is 5.92 Å². The number of carbonyl (C=O) groups excluding carboxylic acids is 1. The van der Waals surface area contributed by atoms with Crippen LogP contribution in [0.4, 0.5) is 0 Å². The third-order valence-electron chi connectivity index (χ3n) is 4.08. The molecule has 23 heavy (non-hydrogen) atoms. The zero-order valence-corrected chi connectivity index (χ0v) is 14.9. The van der Waals surface area contributed by atoms with Gasteiger partial charge in [0.15, 0.2) is 0 Å². The summed E-state index contributed by atoms with van der Waals surface area (Å²) in [4.78, 5) is 14.0. The summed E-state index contributed by atoms with van der Waals surface area (Å²) in [6.07, 6.45) is -0.845. The maximum Gasteiger partial charge on any atom is 0.253 e. The average Bonchev–Trinajstić information content (AvgIpc) is 2.81. The van der Waals surface area contributed by atoms with E-state index in [0.29, 0.717) is 10.6 Å². The molecule has 0 saturated carbocycles. The van der Waals surface area contributed by atoms with Gasteiger partial charge in [0, 0.05) is 43.7 Å². The molecule has 1 heterocycles. The Labute approximate surface area is 141 Å². The lowest BCUT2D eigenvalue weighted by atomic mass is 10.1. The van der Waals surface area contributed by atoms with E-state index in [-0.39, 0.29) is 24.7 Å². The fourth-order valence-electron chi connectivity index (χ4n) is 2.56. The largest absolute Gasteiger partial charge is 0.391 e. The standard InChI is InChI=1S/C15H21ClN2O4S/c1-10-6-11(4-5-13(10)16)15(20)18-7-12(14(19)8-18)9-23(21,22)17(2)3/h4-6,12,14,19H,7-9H2,1-3H3. The summed E-state index contributed by atoms with van der Waals surface area (Å²) in [6, 6.07) is 4.99. The van der Waals surface area contributed by atoms with Crippen LogP contribution in [0.2, 0.25) is 5.02 Å². The summed E-state index contributed by atoms with van der Waals surface area (Å²) in [5.74, 6) is -0.891. The van der Waals surface area contributed by atoms with Crippen molar-refractivity contribution >= 4 is 27.5 Å². The van der Waals surface area contributed by atoms with Crippen molar-refractivity contribution in [2.45, 2.75) is 13.0 Å². The number of sulfonamides is 1. The molecule has 0 aliphatic carbocycles. The van der Waals surface area contributed by atoms with Crippen LogP contribution in [0.15, 0.2) is 18.2 Å². The van der Waals surface area contributed by atoms with E-state index in [1.54, 1.807) is 18.2 Å². The minimum Gasteiger partial charge on any atom is -0.391 e. The number of hydrogen-bond donors (Lipinski definition) is 1. The predicted octanol–water partition coefficient (Wildman–Crippen LogP) is 0.973. The summed E-state index contributed by atoms with van der Waals surface area (Å²) >= 11 is 5.96. The molecule has 2 unspecified atom stereocenters. The minimum absolute atomic E-state index is 0.133. The number of aryl methyl sites for hydroxylation is 1. The number of hydrogen-bond acceptors (Lipinski definition) is 4. The summed E-state index contributed by atoms with van der Waals surface area (Å²) in [5, 5.41) is 10.7. The molecule has 6 nitrogen and oxygen atoms in total. The van der Waals surface area contributed by atoms with Crippen LogP contribution in [-0.4, -0.2) is 67.7 Å². The number of carbonyl (C=O) groups is 1. The van der Waals surface area contributed by atoms with Gasteiger partial charge < -0.3 is 10.0 Å². The van der Waals surface area contributed by atoms with Gasteiger partial charge in [-0.25, -0.2) is 12.7 Å². The van der Waals surface area contributed by atoms with E-state index in [9.17, 15) is 18.3 Å². The Bertz CT molecular complexity index is 705. The highest BCUT2D eigenvalue weighted by Gasteiger charge is 2.37. The molecule has 8 heteroatoms.